The fraction of sp³-hybridized carbons (Fsp3) is 0.389. The van der Waals surface area contributed by atoms with Gasteiger partial charge in [0.15, 0.2) is 0 Å². The molecule has 1 fully saturated rings. The molecule has 0 atom stereocenters. The maximum absolute atomic E-state index is 11.6. The van der Waals surface area contributed by atoms with Crippen molar-refractivity contribution < 1.29 is 9.47 Å². The molecule has 2 aromatic rings. The fourth-order valence-corrected chi connectivity index (χ4v) is 3.17. The summed E-state index contributed by atoms with van der Waals surface area (Å²) < 4.78 is 11.4. The normalized spacial score (nSPS) is 18.8. The van der Waals surface area contributed by atoms with E-state index < -0.39 is 0 Å². The summed E-state index contributed by atoms with van der Waals surface area (Å²) in [4.78, 5) is 16.9. The van der Waals surface area contributed by atoms with Gasteiger partial charge >= 0.3 is 0 Å². The van der Waals surface area contributed by atoms with Gasteiger partial charge in [0.2, 0.25) is 5.56 Å². The van der Waals surface area contributed by atoms with Crippen LogP contribution >= 0.6 is 0 Å². The molecule has 0 bridgehead atoms. The van der Waals surface area contributed by atoms with Crippen LogP contribution in [0.2, 0.25) is 0 Å². The van der Waals surface area contributed by atoms with E-state index >= 15 is 0 Å². The van der Waals surface area contributed by atoms with Gasteiger partial charge in [0.25, 0.3) is 0 Å². The zero-order valence-corrected chi connectivity index (χ0v) is 13.2. The summed E-state index contributed by atoms with van der Waals surface area (Å²) >= 11 is 0. The van der Waals surface area contributed by atoms with Crippen LogP contribution in [0.1, 0.15) is 24.1 Å². The van der Waals surface area contributed by atoms with Crippen LogP contribution in [0, 0.1) is 0 Å². The highest BCUT2D eigenvalue weighted by molar-refractivity contribution is 5.31. The Morgan fingerprint density at radius 2 is 2.00 bits per heavy atom. The van der Waals surface area contributed by atoms with Crippen molar-refractivity contribution in [3.63, 3.8) is 0 Å². The third-order valence-electron chi connectivity index (χ3n) is 4.55. The lowest BCUT2D eigenvalue weighted by atomic mass is 10.2. The van der Waals surface area contributed by atoms with Crippen LogP contribution in [0.4, 0.5) is 0 Å². The van der Waals surface area contributed by atoms with Crippen LogP contribution in [0.3, 0.4) is 0 Å². The lowest BCUT2D eigenvalue weighted by Crippen LogP contribution is -2.34. The van der Waals surface area contributed by atoms with E-state index in [0.29, 0.717) is 6.54 Å². The monoisotopic (exact) mass is 312 g/mol. The molecule has 1 saturated carbocycles. The Balaban J connectivity index is 1.59. The Bertz CT molecular complexity index is 763. The molecular formula is C18H20N2O3. The number of rotatable bonds is 3. The molecule has 5 nitrogen and oxygen atoms in total. The zero-order valence-electron chi connectivity index (χ0n) is 13.2. The summed E-state index contributed by atoms with van der Waals surface area (Å²) in [6.07, 6.45) is 2.15. The second-order valence-electron chi connectivity index (χ2n) is 6.44. The predicted molar refractivity (Wildman–Crippen MR) is 86.8 cm³/mol. The van der Waals surface area contributed by atoms with Crippen LogP contribution in [-0.4, -0.2) is 29.1 Å². The van der Waals surface area contributed by atoms with Crippen LogP contribution < -0.4 is 15.0 Å². The summed E-state index contributed by atoms with van der Waals surface area (Å²) in [5.74, 6) is 1.68. The molecule has 1 aliphatic heterocycles. The highest BCUT2D eigenvalue weighted by Gasteiger charge is 2.48. The molecule has 1 aromatic heterocycles. The Labute approximate surface area is 134 Å². The van der Waals surface area contributed by atoms with Crippen molar-refractivity contribution in [2.75, 3.05) is 13.7 Å². The van der Waals surface area contributed by atoms with Gasteiger partial charge in [-0.15, -0.1) is 0 Å². The molecule has 0 radical (unpaired) electrons. The number of aromatic amines is 1. The number of aromatic nitrogens is 1. The molecule has 2 aliphatic rings. The number of methoxy groups -OCH3 is 1. The first-order valence-electron chi connectivity index (χ1n) is 7.92. The number of hydrogen-bond donors (Lipinski definition) is 1. The Kier molecular flexibility index (Phi) is 3.38. The minimum atomic E-state index is -0.0801. The highest BCUT2D eigenvalue weighted by atomic mass is 16.5. The average Bonchev–Trinajstić information content (AvgIpc) is 3.32. The first-order valence-corrected chi connectivity index (χ1v) is 7.92. The van der Waals surface area contributed by atoms with Crippen molar-refractivity contribution in [3.05, 3.63) is 58.0 Å². The van der Waals surface area contributed by atoms with Crippen molar-refractivity contribution >= 4 is 0 Å². The summed E-state index contributed by atoms with van der Waals surface area (Å²) in [5, 5.41) is 0. The number of hydrogen-bond acceptors (Lipinski definition) is 4. The van der Waals surface area contributed by atoms with Crippen LogP contribution in [0.5, 0.6) is 11.5 Å². The molecule has 0 unspecified atom stereocenters. The number of ether oxygens (including phenoxy) is 2. The molecule has 0 amide bonds. The molecule has 2 heterocycles. The maximum Gasteiger partial charge on any atom is 0.248 e. The maximum atomic E-state index is 11.6. The van der Waals surface area contributed by atoms with E-state index in [0.717, 1.165) is 43.1 Å². The second kappa shape index (κ2) is 5.42. The molecule has 1 N–H and O–H groups in total. The quantitative estimate of drug-likeness (QED) is 0.945. The number of nitrogens with one attached hydrogen (secondary N) is 1. The van der Waals surface area contributed by atoms with E-state index in [4.69, 9.17) is 9.47 Å². The lowest BCUT2D eigenvalue weighted by molar-refractivity contribution is 0.123. The van der Waals surface area contributed by atoms with Crippen molar-refractivity contribution in [3.8, 4) is 11.5 Å². The highest BCUT2D eigenvalue weighted by Crippen LogP contribution is 2.43. The van der Waals surface area contributed by atoms with Crippen molar-refractivity contribution in [1.82, 2.24) is 9.88 Å². The first-order chi connectivity index (χ1) is 11.2. The van der Waals surface area contributed by atoms with Gasteiger partial charge in [-0.05, 0) is 36.6 Å². The van der Waals surface area contributed by atoms with Crippen molar-refractivity contribution in [2.24, 2.45) is 0 Å². The van der Waals surface area contributed by atoms with Crippen molar-refractivity contribution in [1.29, 1.82) is 0 Å². The molecule has 0 saturated heterocycles. The molecule has 23 heavy (non-hydrogen) atoms. The van der Waals surface area contributed by atoms with Crippen LogP contribution in [0.25, 0.3) is 0 Å². The number of fused-ring (bicyclic) bond motifs is 1. The number of H-pyrrole nitrogens is 1. The third-order valence-corrected chi connectivity index (χ3v) is 4.55. The largest absolute Gasteiger partial charge is 0.497 e. The zero-order chi connectivity index (χ0) is 15.9. The third kappa shape index (κ3) is 2.97. The average molecular weight is 312 g/mol. The molecule has 4 rings (SSSR count). The number of benzene rings is 1. The Hall–Kier alpha value is -2.27. The summed E-state index contributed by atoms with van der Waals surface area (Å²) in [6, 6.07) is 11.5. The minimum absolute atomic E-state index is 0.0735. The predicted octanol–water partition coefficient (Wildman–Crippen LogP) is 2.31. The van der Waals surface area contributed by atoms with E-state index in [1.807, 2.05) is 12.1 Å². The smallest absolute Gasteiger partial charge is 0.248 e. The fourth-order valence-electron chi connectivity index (χ4n) is 3.17. The Morgan fingerprint density at radius 3 is 2.70 bits per heavy atom. The second-order valence-corrected chi connectivity index (χ2v) is 6.44. The van der Waals surface area contributed by atoms with Gasteiger partial charge in [-0.1, -0.05) is 12.1 Å². The van der Waals surface area contributed by atoms with Gasteiger partial charge in [0, 0.05) is 25.7 Å². The van der Waals surface area contributed by atoms with Gasteiger partial charge in [0.1, 0.15) is 17.1 Å². The van der Waals surface area contributed by atoms with Gasteiger partial charge in [0.05, 0.1) is 12.8 Å². The molecule has 5 heteroatoms. The van der Waals surface area contributed by atoms with Crippen molar-refractivity contribution in [2.45, 2.75) is 31.5 Å². The molecule has 1 spiro atoms. The van der Waals surface area contributed by atoms with E-state index in [-0.39, 0.29) is 11.2 Å². The van der Waals surface area contributed by atoms with E-state index in [9.17, 15) is 4.79 Å². The Morgan fingerprint density at radius 1 is 1.22 bits per heavy atom. The van der Waals surface area contributed by atoms with Crippen LogP contribution in [0.15, 0.2) is 41.2 Å². The molecule has 120 valence electrons. The van der Waals surface area contributed by atoms with Crippen LogP contribution in [-0.2, 0) is 13.1 Å². The van der Waals surface area contributed by atoms with E-state index in [1.54, 1.807) is 13.2 Å². The molecular weight excluding hydrogens is 292 g/mol. The van der Waals surface area contributed by atoms with Gasteiger partial charge in [-0.2, -0.15) is 0 Å². The SMILES string of the molecule is COc1ccc(CN2Cc3[nH]c(=O)ccc3OC3(CC3)C2)cc1. The lowest BCUT2D eigenvalue weighted by Gasteiger charge is -2.23. The molecule has 1 aliphatic carbocycles. The van der Waals surface area contributed by atoms with E-state index in [2.05, 4.69) is 22.0 Å². The molecule has 1 aromatic carbocycles. The standard InChI is InChI=1S/C18H20N2O3/c1-22-14-4-2-13(3-5-14)10-20-11-15-16(6-7-17(21)19-15)23-18(12-20)8-9-18/h2-7H,8-12H2,1H3,(H,19,21). The summed E-state index contributed by atoms with van der Waals surface area (Å²) in [5.41, 5.74) is 1.94. The minimum Gasteiger partial charge on any atom is -0.497 e. The summed E-state index contributed by atoms with van der Waals surface area (Å²) in [6.45, 7) is 2.40. The van der Waals surface area contributed by atoms with E-state index in [1.165, 1.54) is 11.6 Å². The number of pyridine rings is 1. The van der Waals surface area contributed by atoms with Gasteiger partial charge < -0.3 is 14.5 Å². The first kappa shape index (κ1) is 14.3. The van der Waals surface area contributed by atoms with Gasteiger partial charge in [-0.25, -0.2) is 0 Å². The van der Waals surface area contributed by atoms with Gasteiger partial charge in [-0.3, -0.25) is 9.69 Å². The number of nitrogens with zero attached hydrogens (tertiary/aromatic N) is 1. The topological polar surface area (TPSA) is 54.6 Å². The summed E-state index contributed by atoms with van der Waals surface area (Å²) in [7, 11) is 1.67.